The first-order valence-corrected chi connectivity index (χ1v) is 8.35. The van der Waals surface area contributed by atoms with Crippen LogP contribution >= 0.6 is 0 Å². The number of hydrogen-bond donors (Lipinski definition) is 0. The van der Waals surface area contributed by atoms with E-state index in [0.29, 0.717) is 31.3 Å². The molecule has 0 aromatic carbocycles. The van der Waals surface area contributed by atoms with Crippen LogP contribution in [-0.2, 0) is 0 Å². The molecule has 8 heteroatoms. The SMILES string of the molecule is Cc1cnc(C(=O)N2CCN(CCOc3ccc(C)nn3)CC2)cn1. The van der Waals surface area contributed by atoms with Crippen molar-refractivity contribution in [3.8, 4) is 5.88 Å². The van der Waals surface area contributed by atoms with Crippen molar-refractivity contribution in [2.45, 2.75) is 13.8 Å². The molecule has 0 saturated carbocycles. The van der Waals surface area contributed by atoms with Crippen LogP contribution in [0.15, 0.2) is 24.5 Å². The minimum Gasteiger partial charge on any atom is -0.475 e. The number of rotatable bonds is 5. The molecular formula is C17H22N6O2. The van der Waals surface area contributed by atoms with Crippen LogP contribution in [-0.4, -0.2) is 75.2 Å². The number of aryl methyl sites for hydroxylation is 2. The Morgan fingerprint density at radius 3 is 2.48 bits per heavy atom. The molecule has 1 aliphatic rings. The number of piperazine rings is 1. The molecule has 8 nitrogen and oxygen atoms in total. The predicted molar refractivity (Wildman–Crippen MR) is 91.4 cm³/mol. The Labute approximate surface area is 146 Å². The Morgan fingerprint density at radius 1 is 1.04 bits per heavy atom. The molecule has 0 aliphatic carbocycles. The van der Waals surface area contributed by atoms with Gasteiger partial charge in [0.15, 0.2) is 0 Å². The first-order chi connectivity index (χ1) is 12.1. The summed E-state index contributed by atoms with van der Waals surface area (Å²) in [5.41, 5.74) is 2.08. The van der Waals surface area contributed by atoms with Crippen LogP contribution in [0.2, 0.25) is 0 Å². The summed E-state index contributed by atoms with van der Waals surface area (Å²) in [6.07, 6.45) is 3.16. The molecule has 1 saturated heterocycles. The first-order valence-electron chi connectivity index (χ1n) is 8.35. The van der Waals surface area contributed by atoms with E-state index >= 15 is 0 Å². The van der Waals surface area contributed by atoms with Gasteiger partial charge in [-0.2, -0.15) is 5.10 Å². The van der Waals surface area contributed by atoms with Crippen molar-refractivity contribution in [1.29, 1.82) is 0 Å². The maximum atomic E-state index is 12.4. The zero-order valence-electron chi connectivity index (χ0n) is 14.6. The highest BCUT2D eigenvalue weighted by Crippen LogP contribution is 2.08. The lowest BCUT2D eigenvalue weighted by atomic mass is 10.2. The number of amides is 1. The minimum atomic E-state index is -0.0571. The van der Waals surface area contributed by atoms with Crippen LogP contribution in [0.25, 0.3) is 0 Å². The smallest absolute Gasteiger partial charge is 0.274 e. The van der Waals surface area contributed by atoms with Crippen molar-refractivity contribution < 1.29 is 9.53 Å². The van der Waals surface area contributed by atoms with Crippen LogP contribution in [0.5, 0.6) is 5.88 Å². The molecule has 0 bridgehead atoms. The van der Waals surface area contributed by atoms with Crippen LogP contribution in [0.3, 0.4) is 0 Å². The highest BCUT2D eigenvalue weighted by atomic mass is 16.5. The van der Waals surface area contributed by atoms with E-state index in [-0.39, 0.29) is 5.91 Å². The van der Waals surface area contributed by atoms with E-state index in [0.717, 1.165) is 31.0 Å². The molecule has 1 aliphatic heterocycles. The second-order valence-electron chi connectivity index (χ2n) is 6.04. The van der Waals surface area contributed by atoms with E-state index < -0.39 is 0 Å². The predicted octanol–water partition coefficient (Wildman–Crippen LogP) is 0.720. The normalized spacial score (nSPS) is 15.2. The third-order valence-corrected chi connectivity index (χ3v) is 4.09. The average Bonchev–Trinajstić information content (AvgIpc) is 2.64. The number of ether oxygens (including phenoxy) is 1. The van der Waals surface area contributed by atoms with Crippen LogP contribution in [0.4, 0.5) is 0 Å². The Morgan fingerprint density at radius 2 is 1.84 bits per heavy atom. The summed E-state index contributed by atoms with van der Waals surface area (Å²) in [4.78, 5) is 24.8. The largest absolute Gasteiger partial charge is 0.475 e. The number of carbonyl (C=O) groups excluding carboxylic acids is 1. The lowest BCUT2D eigenvalue weighted by Gasteiger charge is -2.34. The molecule has 0 unspecified atom stereocenters. The first kappa shape index (κ1) is 17.2. The second kappa shape index (κ2) is 7.98. The van der Waals surface area contributed by atoms with Gasteiger partial charge in [-0.15, -0.1) is 5.10 Å². The van der Waals surface area contributed by atoms with Crippen LogP contribution < -0.4 is 4.74 Å². The number of hydrogen-bond acceptors (Lipinski definition) is 7. The number of carbonyl (C=O) groups is 1. The Balaban J connectivity index is 1.41. The number of nitrogens with zero attached hydrogens (tertiary/aromatic N) is 6. The Hall–Kier alpha value is -2.61. The fourth-order valence-electron chi connectivity index (χ4n) is 2.58. The fraction of sp³-hybridized carbons (Fsp3) is 0.471. The molecule has 3 rings (SSSR count). The highest BCUT2D eigenvalue weighted by Gasteiger charge is 2.23. The topological polar surface area (TPSA) is 84.3 Å². The monoisotopic (exact) mass is 342 g/mol. The van der Waals surface area contributed by atoms with Crippen molar-refractivity contribution in [2.75, 3.05) is 39.3 Å². The van der Waals surface area contributed by atoms with Gasteiger partial charge in [-0.1, -0.05) is 0 Å². The van der Waals surface area contributed by atoms with Crippen LogP contribution in [0, 0.1) is 13.8 Å². The average molecular weight is 342 g/mol. The van der Waals surface area contributed by atoms with Gasteiger partial charge in [0.25, 0.3) is 5.91 Å². The summed E-state index contributed by atoms with van der Waals surface area (Å²) >= 11 is 0. The molecule has 2 aromatic heterocycles. The summed E-state index contributed by atoms with van der Waals surface area (Å²) in [5.74, 6) is 0.482. The van der Waals surface area contributed by atoms with Gasteiger partial charge in [0.05, 0.1) is 17.6 Å². The minimum absolute atomic E-state index is 0.0571. The van der Waals surface area contributed by atoms with Gasteiger partial charge >= 0.3 is 0 Å². The van der Waals surface area contributed by atoms with Gasteiger partial charge in [-0.3, -0.25) is 14.7 Å². The van der Waals surface area contributed by atoms with Gasteiger partial charge < -0.3 is 9.64 Å². The standard InChI is InChI=1S/C17H22N6O2/c1-13-3-4-16(21-20-13)25-10-9-22-5-7-23(8-6-22)17(24)15-12-18-14(2)11-19-15/h3-4,11-12H,5-10H2,1-2H3. The molecule has 25 heavy (non-hydrogen) atoms. The molecule has 0 atom stereocenters. The van der Waals surface area contributed by atoms with Crippen molar-refractivity contribution in [3.05, 3.63) is 41.6 Å². The zero-order valence-corrected chi connectivity index (χ0v) is 14.6. The maximum Gasteiger partial charge on any atom is 0.274 e. The van der Waals surface area contributed by atoms with Gasteiger partial charge in [-0.25, -0.2) is 4.98 Å². The van der Waals surface area contributed by atoms with E-state index in [9.17, 15) is 4.79 Å². The van der Waals surface area contributed by atoms with Gasteiger partial charge in [0.1, 0.15) is 12.3 Å². The summed E-state index contributed by atoms with van der Waals surface area (Å²) < 4.78 is 5.60. The molecule has 1 amide bonds. The summed E-state index contributed by atoms with van der Waals surface area (Å²) in [5, 5.41) is 7.94. The third kappa shape index (κ3) is 4.69. The van der Waals surface area contributed by atoms with Gasteiger partial charge in [0, 0.05) is 45.0 Å². The molecule has 3 heterocycles. The molecule has 0 spiro atoms. The quantitative estimate of drug-likeness (QED) is 0.791. The van der Waals surface area contributed by atoms with E-state index in [1.54, 1.807) is 12.4 Å². The maximum absolute atomic E-state index is 12.4. The van der Waals surface area contributed by atoms with Crippen molar-refractivity contribution in [2.24, 2.45) is 0 Å². The Bertz CT molecular complexity index is 696. The molecule has 2 aromatic rings. The lowest BCUT2D eigenvalue weighted by Crippen LogP contribution is -2.49. The lowest BCUT2D eigenvalue weighted by molar-refractivity contribution is 0.0613. The van der Waals surface area contributed by atoms with E-state index in [4.69, 9.17) is 4.74 Å². The molecule has 0 radical (unpaired) electrons. The van der Waals surface area contributed by atoms with E-state index in [1.807, 2.05) is 30.9 Å². The van der Waals surface area contributed by atoms with E-state index in [1.165, 1.54) is 0 Å². The summed E-state index contributed by atoms with van der Waals surface area (Å²) in [6, 6.07) is 3.70. The van der Waals surface area contributed by atoms with Crippen LogP contribution in [0.1, 0.15) is 21.9 Å². The molecular weight excluding hydrogens is 320 g/mol. The van der Waals surface area contributed by atoms with E-state index in [2.05, 4.69) is 25.1 Å². The molecule has 0 N–H and O–H groups in total. The number of aromatic nitrogens is 4. The van der Waals surface area contributed by atoms with Gasteiger partial charge in [0.2, 0.25) is 5.88 Å². The third-order valence-electron chi connectivity index (χ3n) is 4.09. The van der Waals surface area contributed by atoms with Crippen molar-refractivity contribution in [1.82, 2.24) is 30.0 Å². The zero-order chi connectivity index (χ0) is 17.6. The summed E-state index contributed by atoms with van der Waals surface area (Å²) in [6.45, 7) is 8.07. The fourth-order valence-corrected chi connectivity index (χ4v) is 2.58. The highest BCUT2D eigenvalue weighted by molar-refractivity contribution is 5.92. The summed E-state index contributed by atoms with van der Waals surface area (Å²) in [7, 11) is 0. The molecule has 132 valence electrons. The van der Waals surface area contributed by atoms with Crippen molar-refractivity contribution >= 4 is 5.91 Å². The van der Waals surface area contributed by atoms with Gasteiger partial charge in [-0.05, 0) is 19.9 Å². The van der Waals surface area contributed by atoms with Crippen molar-refractivity contribution in [3.63, 3.8) is 0 Å². The molecule has 1 fully saturated rings. The Kier molecular flexibility index (Phi) is 5.49. The second-order valence-corrected chi connectivity index (χ2v) is 6.04.